The van der Waals surface area contributed by atoms with E-state index in [1.165, 1.54) is 5.56 Å². The van der Waals surface area contributed by atoms with Gasteiger partial charge in [0.1, 0.15) is 0 Å². The van der Waals surface area contributed by atoms with Crippen molar-refractivity contribution in [2.75, 3.05) is 12.4 Å². The van der Waals surface area contributed by atoms with E-state index < -0.39 is 0 Å². The van der Waals surface area contributed by atoms with E-state index in [9.17, 15) is 0 Å². The van der Waals surface area contributed by atoms with E-state index in [0.29, 0.717) is 18.2 Å². The van der Waals surface area contributed by atoms with Gasteiger partial charge < -0.3 is 10.1 Å². The van der Waals surface area contributed by atoms with E-state index in [1.54, 1.807) is 25.7 Å². The maximum absolute atomic E-state index is 5.18. The highest BCUT2D eigenvalue weighted by Crippen LogP contribution is 2.17. The lowest BCUT2D eigenvalue weighted by Gasteiger charge is -2.10. The predicted octanol–water partition coefficient (Wildman–Crippen LogP) is 2.34. The molecule has 0 unspecified atom stereocenters. The number of hydrogen-bond acceptors (Lipinski definition) is 5. The summed E-state index contributed by atoms with van der Waals surface area (Å²) in [4.78, 5) is 8.35. The van der Waals surface area contributed by atoms with Crippen molar-refractivity contribution >= 4 is 5.82 Å². The molecule has 112 valence electrons. The van der Waals surface area contributed by atoms with Crippen LogP contribution in [0.4, 0.5) is 5.82 Å². The fraction of sp³-hybridized carbons (Fsp3) is 0.188. The Morgan fingerprint density at radius 2 is 1.95 bits per heavy atom. The minimum absolute atomic E-state index is 0.496. The lowest BCUT2D eigenvalue weighted by Crippen LogP contribution is -2.05. The highest BCUT2D eigenvalue weighted by atomic mass is 16.5. The molecule has 0 spiro atoms. The molecule has 0 aliphatic heterocycles. The molecule has 0 aliphatic carbocycles. The Balaban J connectivity index is 1.68. The van der Waals surface area contributed by atoms with Gasteiger partial charge in [-0.2, -0.15) is 5.10 Å². The van der Waals surface area contributed by atoms with Crippen LogP contribution in [0.15, 0.2) is 55.1 Å². The van der Waals surface area contributed by atoms with E-state index in [1.807, 2.05) is 23.0 Å². The van der Waals surface area contributed by atoms with E-state index in [4.69, 9.17) is 4.74 Å². The molecule has 0 bridgehead atoms. The van der Waals surface area contributed by atoms with Crippen LogP contribution in [-0.2, 0) is 13.1 Å². The van der Waals surface area contributed by atoms with Crippen LogP contribution in [0.1, 0.15) is 11.1 Å². The number of ether oxygens (including phenoxy) is 1. The number of methoxy groups -OCH3 is 1. The molecule has 0 saturated heterocycles. The number of hydrogen-bond donors (Lipinski definition) is 1. The SMILES string of the molecule is COc1nccnc1NCc1cccc(Cn2cccn2)c1. The third-order valence-corrected chi connectivity index (χ3v) is 3.21. The number of benzene rings is 1. The summed E-state index contributed by atoms with van der Waals surface area (Å²) in [6.45, 7) is 1.41. The molecule has 0 atom stereocenters. The number of anilines is 1. The van der Waals surface area contributed by atoms with Gasteiger partial charge in [0.2, 0.25) is 0 Å². The molecule has 0 amide bonds. The van der Waals surface area contributed by atoms with Crippen molar-refractivity contribution in [2.45, 2.75) is 13.1 Å². The van der Waals surface area contributed by atoms with Gasteiger partial charge in [-0.1, -0.05) is 24.3 Å². The first kappa shape index (κ1) is 14.1. The molecular formula is C16H17N5O. The van der Waals surface area contributed by atoms with Gasteiger partial charge in [0.25, 0.3) is 5.88 Å². The summed E-state index contributed by atoms with van der Waals surface area (Å²) < 4.78 is 7.08. The van der Waals surface area contributed by atoms with Gasteiger partial charge in [-0.25, -0.2) is 9.97 Å². The third kappa shape index (κ3) is 3.41. The Morgan fingerprint density at radius 3 is 2.77 bits per heavy atom. The Hall–Kier alpha value is -2.89. The molecular weight excluding hydrogens is 278 g/mol. The molecule has 2 heterocycles. The van der Waals surface area contributed by atoms with E-state index in [0.717, 1.165) is 12.1 Å². The highest BCUT2D eigenvalue weighted by Gasteiger charge is 2.04. The van der Waals surface area contributed by atoms with Gasteiger partial charge in [0, 0.05) is 31.3 Å². The fourth-order valence-electron chi connectivity index (χ4n) is 2.20. The van der Waals surface area contributed by atoms with Crippen LogP contribution < -0.4 is 10.1 Å². The second-order valence-electron chi connectivity index (χ2n) is 4.79. The van der Waals surface area contributed by atoms with Gasteiger partial charge in [0.15, 0.2) is 5.82 Å². The Bertz CT molecular complexity index is 727. The second kappa shape index (κ2) is 6.71. The van der Waals surface area contributed by atoms with Crippen LogP contribution in [0.2, 0.25) is 0 Å². The molecule has 1 N–H and O–H groups in total. The first-order valence-electron chi connectivity index (χ1n) is 6.99. The molecule has 0 aliphatic rings. The molecule has 0 radical (unpaired) electrons. The molecule has 1 aromatic carbocycles. The lowest BCUT2D eigenvalue weighted by molar-refractivity contribution is 0.398. The molecule has 3 rings (SSSR count). The summed E-state index contributed by atoms with van der Waals surface area (Å²) in [5.41, 5.74) is 2.37. The van der Waals surface area contributed by atoms with Crippen LogP contribution in [0, 0.1) is 0 Å². The van der Waals surface area contributed by atoms with Crippen LogP contribution in [0.5, 0.6) is 5.88 Å². The Morgan fingerprint density at radius 1 is 1.09 bits per heavy atom. The quantitative estimate of drug-likeness (QED) is 0.756. The van der Waals surface area contributed by atoms with Crippen molar-refractivity contribution in [3.05, 3.63) is 66.2 Å². The van der Waals surface area contributed by atoms with Gasteiger partial charge in [-0.3, -0.25) is 4.68 Å². The average Bonchev–Trinajstić information content (AvgIpc) is 3.06. The summed E-state index contributed by atoms with van der Waals surface area (Å²) in [5, 5.41) is 7.47. The van der Waals surface area contributed by atoms with Gasteiger partial charge in [-0.15, -0.1) is 0 Å². The van der Waals surface area contributed by atoms with Crippen molar-refractivity contribution in [1.82, 2.24) is 19.7 Å². The minimum Gasteiger partial charge on any atom is -0.478 e. The van der Waals surface area contributed by atoms with Crippen molar-refractivity contribution in [3.8, 4) is 5.88 Å². The predicted molar refractivity (Wildman–Crippen MR) is 83.7 cm³/mol. The Labute approximate surface area is 128 Å². The van der Waals surface area contributed by atoms with E-state index >= 15 is 0 Å². The largest absolute Gasteiger partial charge is 0.478 e. The van der Waals surface area contributed by atoms with E-state index in [2.05, 4.69) is 38.6 Å². The molecule has 22 heavy (non-hydrogen) atoms. The van der Waals surface area contributed by atoms with Gasteiger partial charge in [0.05, 0.1) is 13.7 Å². The second-order valence-corrected chi connectivity index (χ2v) is 4.79. The molecule has 6 nitrogen and oxygen atoms in total. The fourth-order valence-corrected chi connectivity index (χ4v) is 2.20. The monoisotopic (exact) mass is 295 g/mol. The third-order valence-electron chi connectivity index (χ3n) is 3.21. The maximum Gasteiger partial charge on any atom is 0.257 e. The topological polar surface area (TPSA) is 64.9 Å². The minimum atomic E-state index is 0.496. The number of nitrogens with one attached hydrogen (secondary N) is 1. The Kier molecular flexibility index (Phi) is 4.29. The van der Waals surface area contributed by atoms with Crippen LogP contribution >= 0.6 is 0 Å². The number of aromatic nitrogens is 4. The summed E-state index contributed by atoms with van der Waals surface area (Å²) in [5.74, 6) is 1.14. The number of nitrogens with zero attached hydrogens (tertiary/aromatic N) is 4. The first-order valence-corrected chi connectivity index (χ1v) is 6.99. The normalized spacial score (nSPS) is 10.4. The zero-order valence-electron chi connectivity index (χ0n) is 12.3. The maximum atomic E-state index is 5.18. The zero-order chi connectivity index (χ0) is 15.2. The van der Waals surface area contributed by atoms with Crippen molar-refractivity contribution in [1.29, 1.82) is 0 Å². The molecule has 6 heteroatoms. The molecule has 0 saturated carbocycles. The molecule has 3 aromatic rings. The van der Waals surface area contributed by atoms with Gasteiger partial charge >= 0.3 is 0 Å². The summed E-state index contributed by atoms with van der Waals surface area (Å²) in [6.07, 6.45) is 6.98. The summed E-state index contributed by atoms with van der Waals surface area (Å²) >= 11 is 0. The molecule has 0 fully saturated rings. The van der Waals surface area contributed by atoms with Crippen molar-refractivity contribution in [3.63, 3.8) is 0 Å². The van der Waals surface area contributed by atoms with E-state index in [-0.39, 0.29) is 0 Å². The smallest absolute Gasteiger partial charge is 0.257 e. The standard InChI is InChI=1S/C16H17N5O/c1-22-16-15(17-7-8-18-16)19-11-13-4-2-5-14(10-13)12-21-9-3-6-20-21/h2-10H,11-12H2,1H3,(H,17,19). The zero-order valence-corrected chi connectivity index (χ0v) is 12.3. The van der Waals surface area contributed by atoms with Gasteiger partial charge in [-0.05, 0) is 17.2 Å². The summed E-state index contributed by atoms with van der Waals surface area (Å²) in [6, 6.07) is 10.3. The molecule has 2 aromatic heterocycles. The first-order chi connectivity index (χ1) is 10.8. The van der Waals surface area contributed by atoms with Crippen LogP contribution in [0.3, 0.4) is 0 Å². The van der Waals surface area contributed by atoms with Crippen molar-refractivity contribution in [2.24, 2.45) is 0 Å². The van der Waals surface area contributed by atoms with Crippen LogP contribution in [-0.4, -0.2) is 26.9 Å². The lowest BCUT2D eigenvalue weighted by atomic mass is 10.1. The van der Waals surface area contributed by atoms with Crippen molar-refractivity contribution < 1.29 is 4.74 Å². The van der Waals surface area contributed by atoms with Crippen LogP contribution in [0.25, 0.3) is 0 Å². The summed E-state index contributed by atoms with van der Waals surface area (Å²) in [7, 11) is 1.58. The highest BCUT2D eigenvalue weighted by molar-refractivity contribution is 5.45. The number of rotatable bonds is 6. The average molecular weight is 295 g/mol.